The SMILES string of the molecule is CC(=O)NCCn1cc(C)c2ccc(-c3noc(C(F)(F)F)n3)cc21. The molecule has 0 radical (unpaired) electrons. The minimum atomic E-state index is -4.68. The Morgan fingerprint density at radius 1 is 1.36 bits per heavy atom. The number of carbonyl (C=O) groups excluding carboxylic acids is 1. The van der Waals surface area contributed by atoms with E-state index in [9.17, 15) is 18.0 Å². The van der Waals surface area contributed by atoms with Crippen molar-refractivity contribution in [3.05, 3.63) is 35.9 Å². The zero-order chi connectivity index (χ0) is 18.2. The molecule has 0 aliphatic heterocycles. The molecule has 0 bridgehead atoms. The van der Waals surface area contributed by atoms with Gasteiger partial charge in [0, 0.05) is 42.7 Å². The highest BCUT2D eigenvalue weighted by Gasteiger charge is 2.38. The van der Waals surface area contributed by atoms with Gasteiger partial charge in [-0.2, -0.15) is 18.2 Å². The molecule has 1 amide bonds. The summed E-state index contributed by atoms with van der Waals surface area (Å²) in [5, 5.41) is 7.08. The van der Waals surface area contributed by atoms with E-state index in [4.69, 9.17) is 0 Å². The molecule has 132 valence electrons. The maximum atomic E-state index is 12.6. The molecule has 1 aromatic carbocycles. The summed E-state index contributed by atoms with van der Waals surface area (Å²) >= 11 is 0. The maximum Gasteiger partial charge on any atom is 0.471 e. The normalized spacial score (nSPS) is 11.9. The number of hydrogen-bond donors (Lipinski definition) is 1. The molecule has 3 rings (SSSR count). The molecule has 1 N–H and O–H groups in total. The summed E-state index contributed by atoms with van der Waals surface area (Å²) in [6.07, 6.45) is -2.75. The number of aromatic nitrogens is 3. The predicted molar refractivity (Wildman–Crippen MR) is 83.7 cm³/mol. The number of nitrogens with one attached hydrogen (secondary N) is 1. The van der Waals surface area contributed by atoms with Gasteiger partial charge in [0.1, 0.15) is 0 Å². The van der Waals surface area contributed by atoms with E-state index in [-0.39, 0.29) is 11.7 Å². The Morgan fingerprint density at radius 2 is 2.12 bits per heavy atom. The summed E-state index contributed by atoms with van der Waals surface area (Å²) in [6.45, 7) is 4.36. The molecule has 2 aromatic heterocycles. The summed E-state index contributed by atoms with van der Waals surface area (Å²) in [7, 11) is 0. The van der Waals surface area contributed by atoms with Crippen molar-refractivity contribution in [3.8, 4) is 11.4 Å². The third-order valence-electron chi connectivity index (χ3n) is 3.73. The number of aryl methyl sites for hydroxylation is 1. The first-order valence-corrected chi connectivity index (χ1v) is 7.51. The first kappa shape index (κ1) is 17.0. The van der Waals surface area contributed by atoms with Crippen LogP contribution in [0.5, 0.6) is 0 Å². The second kappa shape index (κ2) is 6.23. The van der Waals surface area contributed by atoms with Gasteiger partial charge in [0.25, 0.3) is 0 Å². The van der Waals surface area contributed by atoms with Crippen molar-refractivity contribution in [2.45, 2.75) is 26.6 Å². The summed E-state index contributed by atoms with van der Waals surface area (Å²) in [5.74, 6) is -1.62. The summed E-state index contributed by atoms with van der Waals surface area (Å²) in [6, 6.07) is 5.16. The first-order valence-electron chi connectivity index (χ1n) is 7.51. The van der Waals surface area contributed by atoms with Crippen molar-refractivity contribution in [2.24, 2.45) is 0 Å². The molecule has 0 spiro atoms. The van der Waals surface area contributed by atoms with Crippen LogP contribution < -0.4 is 5.32 Å². The number of alkyl halides is 3. The molecule has 0 atom stereocenters. The molecule has 9 heteroatoms. The number of carbonyl (C=O) groups is 1. The number of rotatable bonds is 4. The summed E-state index contributed by atoms with van der Waals surface area (Å²) in [5.41, 5.74) is 2.26. The Morgan fingerprint density at radius 3 is 2.76 bits per heavy atom. The highest BCUT2D eigenvalue weighted by atomic mass is 19.4. The van der Waals surface area contributed by atoms with Crippen molar-refractivity contribution < 1.29 is 22.5 Å². The van der Waals surface area contributed by atoms with Crippen LogP contribution in [0.1, 0.15) is 18.4 Å². The topological polar surface area (TPSA) is 73.0 Å². The zero-order valence-corrected chi connectivity index (χ0v) is 13.5. The number of nitrogens with zero attached hydrogens (tertiary/aromatic N) is 3. The van der Waals surface area contributed by atoms with E-state index in [2.05, 4.69) is 20.0 Å². The van der Waals surface area contributed by atoms with Gasteiger partial charge in [-0.1, -0.05) is 17.3 Å². The lowest BCUT2D eigenvalue weighted by atomic mass is 10.1. The van der Waals surface area contributed by atoms with Crippen LogP contribution in [0.15, 0.2) is 28.9 Å². The molecular formula is C16H15F3N4O2. The molecule has 25 heavy (non-hydrogen) atoms. The fraction of sp³-hybridized carbons (Fsp3) is 0.312. The third kappa shape index (κ3) is 3.49. The molecule has 0 fully saturated rings. The first-order chi connectivity index (χ1) is 11.8. The number of hydrogen-bond acceptors (Lipinski definition) is 4. The van der Waals surface area contributed by atoms with Crippen molar-refractivity contribution in [2.75, 3.05) is 6.54 Å². The van der Waals surface area contributed by atoms with Crippen LogP contribution in [0.2, 0.25) is 0 Å². The van der Waals surface area contributed by atoms with Crippen molar-refractivity contribution in [3.63, 3.8) is 0 Å². The quantitative estimate of drug-likeness (QED) is 0.783. The van der Waals surface area contributed by atoms with E-state index in [0.717, 1.165) is 16.5 Å². The third-order valence-corrected chi connectivity index (χ3v) is 3.73. The molecule has 0 unspecified atom stereocenters. The molecular weight excluding hydrogens is 337 g/mol. The van der Waals surface area contributed by atoms with Crippen LogP contribution in [-0.2, 0) is 17.5 Å². The van der Waals surface area contributed by atoms with Gasteiger partial charge in [-0.05, 0) is 18.6 Å². The van der Waals surface area contributed by atoms with Crippen LogP contribution in [0.25, 0.3) is 22.3 Å². The Balaban J connectivity index is 1.95. The molecule has 0 saturated heterocycles. The second-order valence-electron chi connectivity index (χ2n) is 5.64. The molecule has 0 saturated carbocycles. The Labute approximate surface area is 140 Å². The van der Waals surface area contributed by atoms with Gasteiger partial charge in [0.15, 0.2) is 0 Å². The average Bonchev–Trinajstić information content (AvgIpc) is 3.13. The van der Waals surface area contributed by atoms with Gasteiger partial charge < -0.3 is 14.4 Å². The van der Waals surface area contributed by atoms with E-state index in [0.29, 0.717) is 18.7 Å². The van der Waals surface area contributed by atoms with E-state index >= 15 is 0 Å². The van der Waals surface area contributed by atoms with Gasteiger partial charge in [-0.3, -0.25) is 4.79 Å². The summed E-state index contributed by atoms with van der Waals surface area (Å²) < 4.78 is 44.0. The smallest absolute Gasteiger partial charge is 0.355 e. The highest BCUT2D eigenvalue weighted by Crippen LogP contribution is 2.31. The van der Waals surface area contributed by atoms with Crippen LogP contribution in [0.4, 0.5) is 13.2 Å². The van der Waals surface area contributed by atoms with Crippen LogP contribution >= 0.6 is 0 Å². The Hall–Kier alpha value is -2.84. The van der Waals surface area contributed by atoms with E-state index in [1.807, 2.05) is 17.7 Å². The number of amides is 1. The fourth-order valence-electron chi connectivity index (χ4n) is 2.61. The molecule has 0 aliphatic rings. The lowest BCUT2D eigenvalue weighted by Crippen LogP contribution is -2.24. The average molecular weight is 352 g/mol. The van der Waals surface area contributed by atoms with Crippen molar-refractivity contribution >= 4 is 16.8 Å². The van der Waals surface area contributed by atoms with E-state index in [1.165, 1.54) is 6.92 Å². The largest absolute Gasteiger partial charge is 0.471 e. The van der Waals surface area contributed by atoms with Crippen molar-refractivity contribution in [1.82, 2.24) is 20.0 Å². The van der Waals surface area contributed by atoms with E-state index in [1.54, 1.807) is 18.2 Å². The van der Waals surface area contributed by atoms with Crippen LogP contribution in [-0.4, -0.2) is 27.2 Å². The zero-order valence-electron chi connectivity index (χ0n) is 13.5. The second-order valence-corrected chi connectivity index (χ2v) is 5.64. The molecule has 3 aromatic rings. The molecule has 0 aliphatic carbocycles. The van der Waals surface area contributed by atoms with Crippen molar-refractivity contribution in [1.29, 1.82) is 0 Å². The van der Waals surface area contributed by atoms with Gasteiger partial charge in [-0.15, -0.1) is 0 Å². The fourth-order valence-corrected chi connectivity index (χ4v) is 2.61. The van der Waals surface area contributed by atoms with Crippen LogP contribution in [0.3, 0.4) is 0 Å². The minimum Gasteiger partial charge on any atom is -0.355 e. The lowest BCUT2D eigenvalue weighted by Gasteiger charge is -2.06. The molecule has 2 heterocycles. The van der Waals surface area contributed by atoms with Crippen LogP contribution in [0, 0.1) is 6.92 Å². The maximum absolute atomic E-state index is 12.6. The summed E-state index contributed by atoms with van der Waals surface area (Å²) in [4.78, 5) is 14.4. The monoisotopic (exact) mass is 352 g/mol. The van der Waals surface area contributed by atoms with Gasteiger partial charge >= 0.3 is 12.1 Å². The lowest BCUT2D eigenvalue weighted by molar-refractivity contribution is -0.159. The predicted octanol–water partition coefficient (Wildman–Crippen LogP) is 3.15. The Bertz CT molecular complexity index is 927. The number of fused-ring (bicyclic) bond motifs is 1. The highest BCUT2D eigenvalue weighted by molar-refractivity contribution is 5.87. The van der Waals surface area contributed by atoms with E-state index < -0.39 is 12.1 Å². The minimum absolute atomic E-state index is 0.124. The standard InChI is InChI=1S/C16H15F3N4O2/c1-9-8-23(6-5-20-10(2)24)13-7-11(3-4-12(9)13)14-21-15(25-22-14)16(17,18)19/h3-4,7-8H,5-6H2,1-2H3,(H,20,24). The van der Waals surface area contributed by atoms with Gasteiger partial charge in [0.05, 0.1) is 0 Å². The molecule has 6 nitrogen and oxygen atoms in total. The Kier molecular flexibility index (Phi) is 4.23. The van der Waals surface area contributed by atoms with Gasteiger partial charge in [0.2, 0.25) is 11.7 Å². The number of benzene rings is 1. The van der Waals surface area contributed by atoms with Gasteiger partial charge in [-0.25, -0.2) is 0 Å². The number of halogens is 3.